The van der Waals surface area contributed by atoms with Crippen molar-refractivity contribution in [1.82, 2.24) is 4.98 Å². The predicted molar refractivity (Wildman–Crippen MR) is 126 cm³/mol. The van der Waals surface area contributed by atoms with Gasteiger partial charge in [-0.3, -0.25) is 0 Å². The lowest BCUT2D eigenvalue weighted by molar-refractivity contribution is 0.602. The molecule has 1 aromatic heterocycles. The van der Waals surface area contributed by atoms with E-state index in [4.69, 9.17) is 28.2 Å². The number of hydrogen-bond acceptors (Lipinski definition) is 4. The van der Waals surface area contributed by atoms with Gasteiger partial charge < -0.3 is 0 Å². The van der Waals surface area contributed by atoms with Gasteiger partial charge in [0, 0.05) is 22.4 Å². The summed E-state index contributed by atoms with van der Waals surface area (Å²) in [6.45, 7) is 1.95. The van der Waals surface area contributed by atoms with Crippen LogP contribution < -0.4 is 0 Å². The highest BCUT2D eigenvalue weighted by Crippen LogP contribution is 2.42. The molecule has 0 aliphatic rings. The Bertz CT molecular complexity index is 1340. The average Bonchev–Trinajstić information content (AvgIpc) is 3.15. The summed E-state index contributed by atoms with van der Waals surface area (Å²) in [5.74, 6) is 0. The molecule has 0 spiro atoms. The molecule has 0 aliphatic heterocycles. The summed E-state index contributed by atoms with van der Waals surface area (Å²) < 4.78 is 23.7. The zero-order chi connectivity index (χ0) is 21.5. The molecule has 0 N–H and O–H groups in total. The Labute approximate surface area is 189 Å². The first-order valence-corrected chi connectivity index (χ1v) is 12.5. The Morgan fingerprint density at radius 3 is 2.17 bits per heavy atom. The monoisotopic (exact) mass is 473 g/mol. The van der Waals surface area contributed by atoms with Crippen molar-refractivity contribution >= 4 is 44.4 Å². The van der Waals surface area contributed by atoms with Crippen LogP contribution in [0.5, 0.6) is 0 Å². The van der Waals surface area contributed by atoms with E-state index < -0.39 is 9.84 Å². The van der Waals surface area contributed by atoms with Gasteiger partial charge in [0.15, 0.2) is 9.84 Å². The third kappa shape index (κ3) is 4.16. The largest absolute Gasteiger partial charge is 0.235 e. The number of rotatable bonds is 4. The maximum absolute atomic E-state index is 11.8. The second kappa shape index (κ2) is 8.16. The Morgan fingerprint density at radius 2 is 1.53 bits per heavy atom. The second-order valence-electron chi connectivity index (χ2n) is 6.94. The van der Waals surface area contributed by atoms with Gasteiger partial charge in [-0.2, -0.15) is 0 Å². The first-order valence-electron chi connectivity index (χ1n) is 9.07. The standard InChI is InChI=1S/C23H17Cl2NO2S2/c1-14-13-16(9-12-19(14)24)21-22(15-7-10-17(11-8-15)30(2,27)28)29-23(26-21)18-5-3-4-6-20(18)25/h3-13H,1-2H3. The molecule has 4 aromatic rings. The van der Waals surface area contributed by atoms with E-state index in [2.05, 4.69) is 0 Å². The SMILES string of the molecule is Cc1cc(-c2nc(-c3ccccc3Cl)sc2-c2ccc(S(C)(=O)=O)cc2)ccc1Cl. The molecular formula is C23H17Cl2NO2S2. The van der Waals surface area contributed by atoms with Gasteiger partial charge in [0.1, 0.15) is 5.01 Å². The topological polar surface area (TPSA) is 47.0 Å². The summed E-state index contributed by atoms with van der Waals surface area (Å²) in [4.78, 5) is 6.12. The van der Waals surface area contributed by atoms with Crippen LogP contribution in [0.25, 0.3) is 32.3 Å². The van der Waals surface area contributed by atoms with Gasteiger partial charge in [-0.1, -0.05) is 59.6 Å². The van der Waals surface area contributed by atoms with Crippen LogP contribution in [0.4, 0.5) is 0 Å². The summed E-state index contributed by atoms with van der Waals surface area (Å²) in [6, 6.07) is 20.3. The second-order valence-corrected chi connectivity index (χ2v) is 10.8. The minimum absolute atomic E-state index is 0.283. The first kappa shape index (κ1) is 21.1. The Hall–Kier alpha value is -2.18. The van der Waals surface area contributed by atoms with Crippen LogP contribution in [0.1, 0.15) is 5.56 Å². The smallest absolute Gasteiger partial charge is 0.175 e. The van der Waals surface area contributed by atoms with Crippen molar-refractivity contribution in [2.24, 2.45) is 0 Å². The first-order chi connectivity index (χ1) is 14.2. The molecule has 3 aromatic carbocycles. The highest BCUT2D eigenvalue weighted by atomic mass is 35.5. The van der Waals surface area contributed by atoms with Crippen LogP contribution in [-0.4, -0.2) is 19.7 Å². The summed E-state index contributed by atoms with van der Waals surface area (Å²) in [7, 11) is -3.26. The molecule has 152 valence electrons. The number of hydrogen-bond donors (Lipinski definition) is 0. The highest BCUT2D eigenvalue weighted by Gasteiger charge is 2.18. The van der Waals surface area contributed by atoms with E-state index in [1.807, 2.05) is 61.5 Å². The average molecular weight is 474 g/mol. The Balaban J connectivity index is 1.92. The molecule has 0 saturated carbocycles. The lowest BCUT2D eigenvalue weighted by atomic mass is 10.0. The van der Waals surface area contributed by atoms with Crippen molar-refractivity contribution in [1.29, 1.82) is 0 Å². The number of benzene rings is 3. The van der Waals surface area contributed by atoms with Crippen molar-refractivity contribution < 1.29 is 8.42 Å². The zero-order valence-corrected chi connectivity index (χ0v) is 19.3. The fraction of sp³-hybridized carbons (Fsp3) is 0.0870. The zero-order valence-electron chi connectivity index (χ0n) is 16.2. The molecule has 4 rings (SSSR count). The van der Waals surface area contributed by atoms with Crippen molar-refractivity contribution in [3.05, 3.63) is 82.3 Å². The molecule has 1 heterocycles. The maximum Gasteiger partial charge on any atom is 0.175 e. The molecule has 0 bridgehead atoms. The van der Waals surface area contributed by atoms with Crippen LogP contribution in [0, 0.1) is 6.92 Å². The summed E-state index contributed by atoms with van der Waals surface area (Å²) in [6.07, 6.45) is 1.20. The van der Waals surface area contributed by atoms with Crippen molar-refractivity contribution in [3.63, 3.8) is 0 Å². The minimum atomic E-state index is -3.26. The summed E-state index contributed by atoms with van der Waals surface area (Å²) >= 11 is 14.1. The fourth-order valence-corrected chi connectivity index (χ4v) is 5.27. The van der Waals surface area contributed by atoms with Crippen LogP contribution in [0.3, 0.4) is 0 Å². The Kier molecular flexibility index (Phi) is 5.73. The number of aromatic nitrogens is 1. The van der Waals surface area contributed by atoms with E-state index >= 15 is 0 Å². The molecule has 0 radical (unpaired) electrons. The van der Waals surface area contributed by atoms with Gasteiger partial charge in [0.05, 0.1) is 20.5 Å². The van der Waals surface area contributed by atoms with Crippen LogP contribution in [0.15, 0.2) is 71.6 Å². The van der Waals surface area contributed by atoms with Gasteiger partial charge in [-0.25, -0.2) is 13.4 Å². The van der Waals surface area contributed by atoms with Gasteiger partial charge in [-0.15, -0.1) is 11.3 Å². The van der Waals surface area contributed by atoms with E-state index in [0.717, 1.165) is 37.8 Å². The van der Waals surface area contributed by atoms with Gasteiger partial charge in [-0.05, 0) is 48.4 Å². The van der Waals surface area contributed by atoms with Gasteiger partial charge in [0.2, 0.25) is 0 Å². The summed E-state index contributed by atoms with van der Waals surface area (Å²) in [5.41, 5.74) is 4.45. The van der Waals surface area contributed by atoms with Crippen LogP contribution >= 0.6 is 34.5 Å². The number of halogens is 2. The van der Waals surface area contributed by atoms with Crippen LogP contribution in [0.2, 0.25) is 10.0 Å². The number of sulfone groups is 1. The third-order valence-electron chi connectivity index (χ3n) is 4.71. The lowest BCUT2D eigenvalue weighted by Gasteiger charge is -2.06. The van der Waals surface area contributed by atoms with E-state index in [-0.39, 0.29) is 4.90 Å². The molecule has 0 unspecified atom stereocenters. The van der Waals surface area contributed by atoms with E-state index in [1.165, 1.54) is 17.6 Å². The fourth-order valence-electron chi connectivity index (χ4n) is 3.11. The lowest BCUT2D eigenvalue weighted by Crippen LogP contribution is -1.96. The van der Waals surface area contributed by atoms with Gasteiger partial charge >= 0.3 is 0 Å². The molecule has 30 heavy (non-hydrogen) atoms. The molecule has 0 amide bonds. The quantitative estimate of drug-likeness (QED) is 0.315. The third-order valence-corrected chi connectivity index (χ3v) is 7.73. The number of thiazole rings is 1. The molecule has 0 aliphatic carbocycles. The molecule has 0 atom stereocenters. The van der Waals surface area contributed by atoms with E-state index in [0.29, 0.717) is 10.0 Å². The van der Waals surface area contributed by atoms with Crippen LogP contribution in [-0.2, 0) is 9.84 Å². The van der Waals surface area contributed by atoms with Crippen molar-refractivity contribution in [2.75, 3.05) is 6.26 Å². The minimum Gasteiger partial charge on any atom is -0.235 e. The van der Waals surface area contributed by atoms with Crippen molar-refractivity contribution in [2.45, 2.75) is 11.8 Å². The number of aryl methyl sites for hydroxylation is 1. The normalized spacial score (nSPS) is 11.6. The van der Waals surface area contributed by atoms with E-state index in [1.54, 1.807) is 12.1 Å². The predicted octanol–water partition coefficient (Wildman–Crippen LogP) is 7.16. The maximum atomic E-state index is 11.8. The molecule has 3 nitrogen and oxygen atoms in total. The highest BCUT2D eigenvalue weighted by molar-refractivity contribution is 7.90. The summed E-state index contributed by atoms with van der Waals surface area (Å²) in [5, 5.41) is 2.12. The molecule has 7 heteroatoms. The number of nitrogens with zero attached hydrogens (tertiary/aromatic N) is 1. The Morgan fingerprint density at radius 1 is 0.867 bits per heavy atom. The molecule has 0 saturated heterocycles. The van der Waals surface area contributed by atoms with Crippen molar-refractivity contribution in [3.8, 4) is 32.3 Å². The van der Waals surface area contributed by atoms with E-state index in [9.17, 15) is 8.42 Å². The van der Waals surface area contributed by atoms with Gasteiger partial charge in [0.25, 0.3) is 0 Å². The molecular weight excluding hydrogens is 457 g/mol. The molecule has 0 fully saturated rings.